The van der Waals surface area contributed by atoms with Crippen LogP contribution in [0.4, 0.5) is 0 Å². The molecule has 4 heteroatoms. The van der Waals surface area contributed by atoms with E-state index < -0.39 is 0 Å². The van der Waals surface area contributed by atoms with Crippen molar-refractivity contribution in [2.45, 2.75) is 27.2 Å². The minimum atomic E-state index is -0.239. The van der Waals surface area contributed by atoms with Gasteiger partial charge < -0.3 is 14.4 Å². The number of hydrogen-bond donors (Lipinski definition) is 1. The average Bonchev–Trinajstić information content (AvgIpc) is 2.80. The van der Waals surface area contributed by atoms with Gasteiger partial charge >= 0.3 is 5.97 Å². The number of carbonyl (C=O) groups excluding carboxylic acids is 1. The van der Waals surface area contributed by atoms with E-state index in [1.807, 2.05) is 32.0 Å². The van der Waals surface area contributed by atoms with Crippen LogP contribution in [0.25, 0.3) is 16.6 Å². The molecular weight excluding hydrogens is 302 g/mol. The Morgan fingerprint density at radius 2 is 1.83 bits per heavy atom. The topological polar surface area (TPSA) is 51.5 Å². The Kier molecular flexibility index (Phi) is 4.30. The van der Waals surface area contributed by atoms with E-state index in [-0.39, 0.29) is 18.1 Å². The first-order valence-corrected chi connectivity index (χ1v) is 8.06. The molecule has 0 amide bonds. The molecular formula is C20H21NO3. The quantitative estimate of drug-likeness (QED) is 0.737. The number of esters is 1. The summed E-state index contributed by atoms with van der Waals surface area (Å²) in [7, 11) is 0. The maximum Gasteiger partial charge on any atom is 0.310 e. The van der Waals surface area contributed by atoms with Crippen LogP contribution in [0.1, 0.15) is 23.7 Å². The molecule has 0 unspecified atom stereocenters. The Balaban J connectivity index is 2.21. The van der Waals surface area contributed by atoms with E-state index in [4.69, 9.17) is 4.74 Å². The average molecular weight is 323 g/mol. The maximum absolute atomic E-state index is 12.0. The van der Waals surface area contributed by atoms with Crippen LogP contribution in [0.2, 0.25) is 0 Å². The summed E-state index contributed by atoms with van der Waals surface area (Å²) in [5, 5.41) is 10.9. The van der Waals surface area contributed by atoms with E-state index in [1.165, 1.54) is 5.56 Å². The van der Waals surface area contributed by atoms with Crippen molar-refractivity contribution >= 4 is 16.9 Å². The third-order valence-corrected chi connectivity index (χ3v) is 4.24. The number of hydrogen-bond acceptors (Lipinski definition) is 3. The van der Waals surface area contributed by atoms with E-state index in [1.54, 1.807) is 19.1 Å². The van der Waals surface area contributed by atoms with Crippen LogP contribution >= 0.6 is 0 Å². The summed E-state index contributed by atoms with van der Waals surface area (Å²) in [4.78, 5) is 12.0. The van der Waals surface area contributed by atoms with E-state index in [0.29, 0.717) is 6.61 Å². The van der Waals surface area contributed by atoms with Gasteiger partial charge in [-0.1, -0.05) is 17.7 Å². The molecule has 3 rings (SSSR count). The highest BCUT2D eigenvalue weighted by Crippen LogP contribution is 2.32. The molecule has 0 atom stereocenters. The number of nitrogens with zero attached hydrogens (tertiary/aromatic N) is 1. The number of aryl methyl sites for hydroxylation is 1. The van der Waals surface area contributed by atoms with Crippen molar-refractivity contribution in [3.63, 3.8) is 0 Å². The van der Waals surface area contributed by atoms with Crippen molar-refractivity contribution in [3.8, 4) is 11.4 Å². The molecule has 0 saturated heterocycles. The lowest BCUT2D eigenvalue weighted by atomic mass is 10.1. The number of aromatic hydroxyl groups is 1. The van der Waals surface area contributed by atoms with E-state index in [0.717, 1.165) is 27.8 Å². The fourth-order valence-electron chi connectivity index (χ4n) is 3.08. The van der Waals surface area contributed by atoms with Crippen LogP contribution in [0.5, 0.6) is 5.75 Å². The van der Waals surface area contributed by atoms with Gasteiger partial charge in [-0.25, -0.2) is 0 Å². The smallest absolute Gasteiger partial charge is 0.310 e. The Bertz CT molecular complexity index is 891. The second-order valence-electron chi connectivity index (χ2n) is 5.92. The van der Waals surface area contributed by atoms with Gasteiger partial charge in [-0.15, -0.1) is 0 Å². The number of benzene rings is 2. The molecule has 3 aromatic rings. The minimum absolute atomic E-state index is 0.205. The van der Waals surface area contributed by atoms with Gasteiger partial charge in [0.1, 0.15) is 5.75 Å². The zero-order valence-electron chi connectivity index (χ0n) is 14.2. The number of phenolic OH excluding ortho intramolecular Hbond substituents is 1. The molecule has 2 aromatic carbocycles. The summed E-state index contributed by atoms with van der Waals surface area (Å²) in [6.45, 7) is 6.21. The van der Waals surface area contributed by atoms with Crippen molar-refractivity contribution < 1.29 is 14.6 Å². The van der Waals surface area contributed by atoms with Crippen LogP contribution in [0.15, 0.2) is 42.5 Å². The van der Waals surface area contributed by atoms with Crippen molar-refractivity contribution in [2.24, 2.45) is 0 Å². The third-order valence-electron chi connectivity index (χ3n) is 4.24. The molecule has 0 radical (unpaired) electrons. The summed E-state index contributed by atoms with van der Waals surface area (Å²) >= 11 is 0. The molecule has 0 saturated carbocycles. The summed E-state index contributed by atoms with van der Waals surface area (Å²) in [6.07, 6.45) is 0.222. The number of aromatic nitrogens is 1. The zero-order valence-corrected chi connectivity index (χ0v) is 14.2. The van der Waals surface area contributed by atoms with Gasteiger partial charge in [-0.3, -0.25) is 4.79 Å². The molecule has 1 N–H and O–H groups in total. The van der Waals surface area contributed by atoms with Gasteiger partial charge in [-0.2, -0.15) is 0 Å². The Hall–Kier alpha value is -2.75. The molecule has 1 heterocycles. The molecule has 1 aromatic heterocycles. The number of phenols is 1. The minimum Gasteiger partial charge on any atom is -0.508 e. The van der Waals surface area contributed by atoms with Crippen LogP contribution in [-0.2, 0) is 16.0 Å². The second-order valence-corrected chi connectivity index (χ2v) is 5.92. The van der Waals surface area contributed by atoms with Gasteiger partial charge in [0.15, 0.2) is 0 Å². The number of carbonyl (C=O) groups is 1. The van der Waals surface area contributed by atoms with Crippen LogP contribution in [-0.4, -0.2) is 22.2 Å². The highest BCUT2D eigenvalue weighted by Gasteiger charge is 2.18. The Morgan fingerprint density at radius 3 is 2.50 bits per heavy atom. The van der Waals surface area contributed by atoms with Crippen molar-refractivity contribution in [1.29, 1.82) is 0 Å². The van der Waals surface area contributed by atoms with E-state index in [9.17, 15) is 9.90 Å². The summed E-state index contributed by atoms with van der Waals surface area (Å²) < 4.78 is 7.18. The lowest BCUT2D eigenvalue weighted by Gasteiger charge is -2.09. The van der Waals surface area contributed by atoms with Crippen LogP contribution in [0, 0.1) is 13.8 Å². The predicted molar refractivity (Wildman–Crippen MR) is 94.8 cm³/mol. The molecule has 0 aliphatic heterocycles. The highest BCUT2D eigenvalue weighted by atomic mass is 16.5. The third kappa shape index (κ3) is 2.87. The van der Waals surface area contributed by atoms with E-state index >= 15 is 0 Å². The number of rotatable bonds is 4. The van der Waals surface area contributed by atoms with Crippen molar-refractivity contribution in [3.05, 3.63) is 59.3 Å². The molecule has 0 aliphatic carbocycles. The molecule has 0 aliphatic rings. The van der Waals surface area contributed by atoms with Crippen molar-refractivity contribution in [1.82, 2.24) is 4.57 Å². The maximum atomic E-state index is 12.0. The number of ether oxygens (including phenoxy) is 1. The van der Waals surface area contributed by atoms with Gasteiger partial charge in [0.2, 0.25) is 0 Å². The molecule has 0 fully saturated rings. The summed E-state index contributed by atoms with van der Waals surface area (Å²) in [5.41, 5.74) is 4.98. The summed E-state index contributed by atoms with van der Waals surface area (Å²) in [5.74, 6) is -0.0346. The largest absolute Gasteiger partial charge is 0.508 e. The number of fused-ring (bicyclic) bond motifs is 1. The fraction of sp³-hybridized carbons (Fsp3) is 0.250. The van der Waals surface area contributed by atoms with Gasteiger partial charge in [-0.05, 0) is 50.6 Å². The first-order chi connectivity index (χ1) is 11.5. The molecule has 0 bridgehead atoms. The standard InChI is InChI=1S/C20H21NO3/c1-4-24-20(23)12-18-14(3)21(15-7-5-13(2)6-8-15)19-11-16(22)9-10-17(18)19/h5-11,22H,4,12H2,1-3H3. The first-order valence-electron chi connectivity index (χ1n) is 8.06. The van der Waals surface area contributed by atoms with Gasteiger partial charge in [0, 0.05) is 22.8 Å². The normalized spacial score (nSPS) is 11.0. The molecule has 24 heavy (non-hydrogen) atoms. The molecule has 0 spiro atoms. The lowest BCUT2D eigenvalue weighted by Crippen LogP contribution is -2.08. The molecule has 124 valence electrons. The van der Waals surface area contributed by atoms with Crippen LogP contribution < -0.4 is 0 Å². The Labute approximate surface area is 141 Å². The van der Waals surface area contributed by atoms with E-state index in [2.05, 4.69) is 16.7 Å². The second kappa shape index (κ2) is 6.40. The predicted octanol–water partition coefficient (Wildman–Crippen LogP) is 4.06. The zero-order chi connectivity index (χ0) is 17.3. The fourth-order valence-corrected chi connectivity index (χ4v) is 3.08. The monoisotopic (exact) mass is 323 g/mol. The first kappa shape index (κ1) is 16.1. The Morgan fingerprint density at radius 1 is 1.12 bits per heavy atom. The van der Waals surface area contributed by atoms with Gasteiger partial charge in [0.25, 0.3) is 0 Å². The van der Waals surface area contributed by atoms with Gasteiger partial charge in [0.05, 0.1) is 18.5 Å². The highest BCUT2D eigenvalue weighted by molar-refractivity contribution is 5.91. The summed E-state index contributed by atoms with van der Waals surface area (Å²) in [6, 6.07) is 13.4. The molecule has 4 nitrogen and oxygen atoms in total. The van der Waals surface area contributed by atoms with Crippen molar-refractivity contribution in [2.75, 3.05) is 6.61 Å². The van der Waals surface area contributed by atoms with Crippen LogP contribution in [0.3, 0.4) is 0 Å². The lowest BCUT2D eigenvalue weighted by molar-refractivity contribution is -0.142. The SMILES string of the molecule is CCOC(=O)Cc1c(C)n(-c2ccc(C)cc2)c2cc(O)ccc12.